The van der Waals surface area contributed by atoms with Gasteiger partial charge in [0.25, 0.3) is 0 Å². The SMILES string of the molecule is C=CCCC(=N)c1ccc(C)cc1. The Morgan fingerprint density at radius 1 is 1.38 bits per heavy atom. The van der Waals surface area contributed by atoms with Crippen LogP contribution in [0, 0.1) is 12.3 Å². The van der Waals surface area contributed by atoms with Crippen LogP contribution < -0.4 is 0 Å². The normalized spacial score (nSPS) is 9.62. The minimum absolute atomic E-state index is 0.694. The first-order valence-electron chi connectivity index (χ1n) is 4.49. The highest BCUT2D eigenvalue weighted by Crippen LogP contribution is 2.07. The van der Waals surface area contributed by atoms with Crippen molar-refractivity contribution in [3.8, 4) is 0 Å². The van der Waals surface area contributed by atoms with Crippen molar-refractivity contribution in [2.45, 2.75) is 19.8 Å². The molecule has 0 fully saturated rings. The first-order valence-corrected chi connectivity index (χ1v) is 4.49. The van der Waals surface area contributed by atoms with Gasteiger partial charge in [0.2, 0.25) is 0 Å². The lowest BCUT2D eigenvalue weighted by Gasteiger charge is -2.02. The summed E-state index contributed by atoms with van der Waals surface area (Å²) in [6.07, 6.45) is 3.52. The highest BCUT2D eigenvalue weighted by Gasteiger charge is 1.98. The van der Waals surface area contributed by atoms with Crippen LogP contribution in [0.1, 0.15) is 24.0 Å². The Bertz CT molecular complexity index is 295. The van der Waals surface area contributed by atoms with Gasteiger partial charge in [0, 0.05) is 5.71 Å². The molecule has 0 aliphatic carbocycles. The van der Waals surface area contributed by atoms with E-state index in [0.717, 1.165) is 18.4 Å². The van der Waals surface area contributed by atoms with E-state index in [1.165, 1.54) is 5.56 Å². The van der Waals surface area contributed by atoms with Crippen molar-refractivity contribution < 1.29 is 0 Å². The molecule has 0 bridgehead atoms. The molecule has 1 aromatic carbocycles. The Morgan fingerprint density at radius 2 is 2.00 bits per heavy atom. The standard InChI is InChI=1S/C12H15N/c1-3-4-5-12(13)11-8-6-10(2)7-9-11/h3,6-9,13H,1,4-5H2,2H3. The monoisotopic (exact) mass is 173 g/mol. The van der Waals surface area contributed by atoms with Crippen molar-refractivity contribution in [2.75, 3.05) is 0 Å². The number of benzene rings is 1. The van der Waals surface area contributed by atoms with E-state index >= 15 is 0 Å². The maximum atomic E-state index is 7.76. The van der Waals surface area contributed by atoms with Crippen LogP contribution in [-0.2, 0) is 0 Å². The van der Waals surface area contributed by atoms with Crippen molar-refractivity contribution in [2.24, 2.45) is 0 Å². The molecule has 0 heterocycles. The molecule has 0 radical (unpaired) electrons. The fourth-order valence-electron chi connectivity index (χ4n) is 1.15. The predicted molar refractivity (Wildman–Crippen MR) is 57.4 cm³/mol. The van der Waals surface area contributed by atoms with E-state index in [1.54, 1.807) is 0 Å². The molecule has 0 atom stereocenters. The number of allylic oxidation sites excluding steroid dienone is 1. The summed E-state index contributed by atoms with van der Waals surface area (Å²) in [5.41, 5.74) is 2.95. The molecule has 1 N–H and O–H groups in total. The van der Waals surface area contributed by atoms with Gasteiger partial charge in [-0.1, -0.05) is 35.9 Å². The van der Waals surface area contributed by atoms with Crippen molar-refractivity contribution in [1.82, 2.24) is 0 Å². The molecule has 13 heavy (non-hydrogen) atoms. The van der Waals surface area contributed by atoms with Gasteiger partial charge in [-0.2, -0.15) is 0 Å². The van der Waals surface area contributed by atoms with E-state index in [2.05, 4.69) is 13.5 Å². The van der Waals surface area contributed by atoms with Gasteiger partial charge in [-0.15, -0.1) is 6.58 Å². The molecule has 0 aliphatic rings. The van der Waals surface area contributed by atoms with E-state index in [9.17, 15) is 0 Å². The Hall–Kier alpha value is -1.37. The lowest BCUT2D eigenvalue weighted by atomic mass is 10.0. The maximum Gasteiger partial charge on any atom is 0.0389 e. The fraction of sp³-hybridized carbons (Fsp3) is 0.250. The molecule has 68 valence electrons. The fourth-order valence-corrected chi connectivity index (χ4v) is 1.15. The van der Waals surface area contributed by atoms with E-state index in [4.69, 9.17) is 5.41 Å². The maximum absolute atomic E-state index is 7.76. The molecule has 0 saturated carbocycles. The molecule has 0 saturated heterocycles. The average molecular weight is 173 g/mol. The first kappa shape index (κ1) is 9.72. The van der Waals surface area contributed by atoms with Crippen LogP contribution in [0.2, 0.25) is 0 Å². The third kappa shape index (κ3) is 2.86. The zero-order valence-electron chi connectivity index (χ0n) is 8.01. The molecule has 0 aromatic heterocycles. The largest absolute Gasteiger partial charge is 0.305 e. The topological polar surface area (TPSA) is 23.9 Å². The van der Waals surface area contributed by atoms with Gasteiger partial charge < -0.3 is 5.41 Å². The van der Waals surface area contributed by atoms with Gasteiger partial charge in [0.15, 0.2) is 0 Å². The second kappa shape index (κ2) is 4.61. The van der Waals surface area contributed by atoms with Gasteiger partial charge in [-0.3, -0.25) is 0 Å². The van der Waals surface area contributed by atoms with Gasteiger partial charge >= 0.3 is 0 Å². The summed E-state index contributed by atoms with van der Waals surface area (Å²) >= 11 is 0. The molecule has 0 amide bonds. The van der Waals surface area contributed by atoms with Crippen LogP contribution in [0.5, 0.6) is 0 Å². The van der Waals surface area contributed by atoms with Crippen LogP contribution >= 0.6 is 0 Å². The van der Waals surface area contributed by atoms with Crippen LogP contribution in [0.3, 0.4) is 0 Å². The highest BCUT2D eigenvalue weighted by atomic mass is 14.4. The number of hydrogen-bond donors (Lipinski definition) is 1. The summed E-state index contributed by atoms with van der Waals surface area (Å²) in [4.78, 5) is 0. The first-order chi connectivity index (χ1) is 6.24. The Labute approximate surface area is 79.6 Å². The van der Waals surface area contributed by atoms with E-state index in [0.29, 0.717) is 5.71 Å². The van der Waals surface area contributed by atoms with Crippen LogP contribution in [0.15, 0.2) is 36.9 Å². The minimum Gasteiger partial charge on any atom is -0.305 e. The number of hydrogen-bond acceptors (Lipinski definition) is 1. The third-order valence-electron chi connectivity index (χ3n) is 2.00. The zero-order chi connectivity index (χ0) is 9.68. The number of nitrogens with one attached hydrogen (secondary N) is 1. The van der Waals surface area contributed by atoms with Gasteiger partial charge in [0.1, 0.15) is 0 Å². The summed E-state index contributed by atoms with van der Waals surface area (Å²) in [7, 11) is 0. The molecule has 1 rings (SSSR count). The van der Waals surface area contributed by atoms with Crippen molar-refractivity contribution in [3.63, 3.8) is 0 Å². The van der Waals surface area contributed by atoms with Gasteiger partial charge in [-0.05, 0) is 25.3 Å². The Balaban J connectivity index is 2.66. The summed E-state index contributed by atoms with van der Waals surface area (Å²) in [6.45, 7) is 5.70. The summed E-state index contributed by atoms with van der Waals surface area (Å²) in [5.74, 6) is 0. The predicted octanol–water partition coefficient (Wildman–Crippen LogP) is 3.33. The van der Waals surface area contributed by atoms with Crippen molar-refractivity contribution >= 4 is 5.71 Å². The second-order valence-corrected chi connectivity index (χ2v) is 3.17. The molecule has 0 aliphatic heterocycles. The smallest absolute Gasteiger partial charge is 0.0389 e. The van der Waals surface area contributed by atoms with E-state index in [-0.39, 0.29) is 0 Å². The van der Waals surface area contributed by atoms with Gasteiger partial charge in [0.05, 0.1) is 0 Å². The third-order valence-corrected chi connectivity index (χ3v) is 2.00. The molecule has 1 heteroatoms. The van der Waals surface area contributed by atoms with Crippen molar-refractivity contribution in [1.29, 1.82) is 5.41 Å². The average Bonchev–Trinajstić information content (AvgIpc) is 2.15. The number of rotatable bonds is 4. The lowest BCUT2D eigenvalue weighted by Crippen LogP contribution is -1.97. The minimum atomic E-state index is 0.694. The van der Waals surface area contributed by atoms with Crippen LogP contribution in [-0.4, -0.2) is 5.71 Å². The summed E-state index contributed by atoms with van der Waals surface area (Å²) in [5, 5.41) is 7.76. The molecule has 1 aromatic rings. The molecule has 0 spiro atoms. The molecular formula is C12H15N. The summed E-state index contributed by atoms with van der Waals surface area (Å²) in [6, 6.07) is 8.08. The van der Waals surface area contributed by atoms with E-state index in [1.807, 2.05) is 30.3 Å². The zero-order valence-corrected chi connectivity index (χ0v) is 8.01. The van der Waals surface area contributed by atoms with Crippen LogP contribution in [0.4, 0.5) is 0 Å². The number of aryl methyl sites for hydroxylation is 1. The molecule has 0 unspecified atom stereocenters. The van der Waals surface area contributed by atoms with E-state index < -0.39 is 0 Å². The van der Waals surface area contributed by atoms with Crippen molar-refractivity contribution in [3.05, 3.63) is 48.0 Å². The van der Waals surface area contributed by atoms with Gasteiger partial charge in [-0.25, -0.2) is 0 Å². The summed E-state index contributed by atoms with van der Waals surface area (Å²) < 4.78 is 0. The Kier molecular flexibility index (Phi) is 3.44. The lowest BCUT2D eigenvalue weighted by molar-refractivity contribution is 1.09. The molecular weight excluding hydrogens is 158 g/mol. The molecule has 1 nitrogen and oxygen atoms in total. The highest BCUT2D eigenvalue weighted by molar-refractivity contribution is 5.98. The van der Waals surface area contributed by atoms with Crippen LogP contribution in [0.25, 0.3) is 0 Å². The second-order valence-electron chi connectivity index (χ2n) is 3.17. The quantitative estimate of drug-likeness (QED) is 0.533. The Morgan fingerprint density at radius 3 is 2.54 bits per heavy atom.